The molecule has 30 heavy (non-hydrogen) atoms. The van der Waals surface area contributed by atoms with Crippen molar-refractivity contribution in [3.8, 4) is 11.5 Å². The van der Waals surface area contributed by atoms with Crippen LogP contribution in [0.1, 0.15) is 37.8 Å². The van der Waals surface area contributed by atoms with E-state index in [1.165, 1.54) is 19.4 Å². The normalized spacial score (nSPS) is 15.9. The van der Waals surface area contributed by atoms with E-state index in [1.807, 2.05) is 49.4 Å². The molecule has 1 aliphatic rings. The molecule has 2 aromatic carbocycles. The highest BCUT2D eigenvalue weighted by atomic mass is 35.5. The van der Waals surface area contributed by atoms with Gasteiger partial charge < -0.3 is 14.8 Å². The monoisotopic (exact) mass is 474 g/mol. The molecule has 1 heterocycles. The van der Waals surface area contributed by atoms with Crippen LogP contribution in [0.15, 0.2) is 42.5 Å². The number of rotatable bonds is 10. The van der Waals surface area contributed by atoms with Crippen LogP contribution in [-0.4, -0.2) is 37.2 Å². The van der Waals surface area contributed by atoms with Crippen LogP contribution in [0.4, 0.5) is 0 Å². The molecule has 3 rings (SSSR count). The van der Waals surface area contributed by atoms with Gasteiger partial charge in [-0.25, -0.2) is 0 Å². The third-order valence-corrected chi connectivity index (χ3v) is 5.49. The van der Waals surface area contributed by atoms with E-state index in [4.69, 9.17) is 21.1 Å². The first-order chi connectivity index (χ1) is 13.7. The number of likely N-dealkylation sites (N-methyl/N-ethyl adjacent to an activating group) is 1. The zero-order valence-corrected chi connectivity index (χ0v) is 20.1. The van der Waals surface area contributed by atoms with Crippen LogP contribution in [0, 0.1) is 0 Å². The molecule has 0 aliphatic carbocycles. The summed E-state index contributed by atoms with van der Waals surface area (Å²) in [5.41, 5.74) is 2.21. The Hall–Kier alpha value is -1.17. The molecule has 0 saturated carbocycles. The minimum Gasteiger partial charge on any atom is -0.490 e. The van der Waals surface area contributed by atoms with Gasteiger partial charge >= 0.3 is 0 Å². The van der Waals surface area contributed by atoms with Gasteiger partial charge in [-0.2, -0.15) is 0 Å². The summed E-state index contributed by atoms with van der Waals surface area (Å²) < 4.78 is 11.8. The number of hydrogen-bond donors (Lipinski definition) is 1. The number of ether oxygens (including phenoxy) is 2. The van der Waals surface area contributed by atoms with Gasteiger partial charge in [-0.1, -0.05) is 48.9 Å². The van der Waals surface area contributed by atoms with Crippen molar-refractivity contribution < 1.29 is 9.47 Å². The van der Waals surface area contributed by atoms with Crippen LogP contribution >= 0.6 is 36.4 Å². The number of nitrogens with zero attached hydrogens (tertiary/aromatic N) is 1. The van der Waals surface area contributed by atoms with E-state index in [1.54, 1.807) is 0 Å². The molecule has 1 saturated heterocycles. The molecule has 0 bridgehead atoms. The van der Waals surface area contributed by atoms with Gasteiger partial charge in [-0.15, -0.1) is 24.8 Å². The summed E-state index contributed by atoms with van der Waals surface area (Å²) >= 11 is 6.55. The van der Waals surface area contributed by atoms with Crippen molar-refractivity contribution >= 4 is 36.4 Å². The summed E-state index contributed by atoms with van der Waals surface area (Å²) in [6.45, 7) is 9.36. The largest absolute Gasteiger partial charge is 0.490 e. The molecule has 1 unspecified atom stereocenters. The van der Waals surface area contributed by atoms with Gasteiger partial charge in [0.2, 0.25) is 0 Å². The summed E-state index contributed by atoms with van der Waals surface area (Å²) in [7, 11) is 0. The second kappa shape index (κ2) is 14.0. The second-order valence-corrected chi connectivity index (χ2v) is 7.57. The molecular weight excluding hydrogens is 443 g/mol. The quantitative estimate of drug-likeness (QED) is 0.475. The first-order valence-electron chi connectivity index (χ1n) is 10.3. The molecule has 4 nitrogen and oxygen atoms in total. The van der Waals surface area contributed by atoms with Crippen molar-refractivity contribution in [3.63, 3.8) is 0 Å². The van der Waals surface area contributed by atoms with Crippen LogP contribution in [0.5, 0.6) is 11.5 Å². The van der Waals surface area contributed by atoms with Crippen LogP contribution in [0.3, 0.4) is 0 Å². The van der Waals surface area contributed by atoms with E-state index in [2.05, 4.69) is 17.1 Å². The van der Waals surface area contributed by atoms with Crippen LogP contribution in [0.2, 0.25) is 5.02 Å². The molecule has 1 aliphatic heterocycles. The summed E-state index contributed by atoms with van der Waals surface area (Å²) in [4.78, 5) is 2.55. The van der Waals surface area contributed by atoms with Gasteiger partial charge in [-0.05, 0) is 56.1 Å². The van der Waals surface area contributed by atoms with Crippen LogP contribution in [0.25, 0.3) is 0 Å². The average Bonchev–Trinajstić information content (AvgIpc) is 3.16. The lowest BCUT2D eigenvalue weighted by Crippen LogP contribution is -2.37. The number of nitrogens with one attached hydrogen (secondary N) is 1. The number of likely N-dealkylation sites (tertiary alicyclic amines) is 1. The van der Waals surface area contributed by atoms with Crippen molar-refractivity contribution in [2.75, 3.05) is 26.2 Å². The lowest BCUT2D eigenvalue weighted by Gasteiger charge is -2.23. The first kappa shape index (κ1) is 26.9. The summed E-state index contributed by atoms with van der Waals surface area (Å²) in [5.74, 6) is 1.32. The number of halogens is 3. The summed E-state index contributed by atoms with van der Waals surface area (Å²) in [6.07, 6.45) is 2.58. The number of hydrogen-bond acceptors (Lipinski definition) is 4. The molecule has 0 amide bonds. The fourth-order valence-electron chi connectivity index (χ4n) is 3.78. The lowest BCUT2D eigenvalue weighted by atomic mass is 10.1. The van der Waals surface area contributed by atoms with E-state index < -0.39 is 0 Å². The molecule has 7 heteroatoms. The Morgan fingerprint density at radius 2 is 1.83 bits per heavy atom. The first-order valence-corrected chi connectivity index (χ1v) is 10.7. The van der Waals surface area contributed by atoms with E-state index in [-0.39, 0.29) is 24.8 Å². The van der Waals surface area contributed by atoms with Gasteiger partial charge in [0, 0.05) is 19.1 Å². The van der Waals surface area contributed by atoms with Crippen molar-refractivity contribution in [2.45, 2.75) is 45.9 Å². The Labute approximate surface area is 198 Å². The van der Waals surface area contributed by atoms with Crippen LogP contribution in [-0.2, 0) is 13.2 Å². The van der Waals surface area contributed by atoms with E-state index in [0.29, 0.717) is 35.8 Å². The van der Waals surface area contributed by atoms with Crippen molar-refractivity contribution in [2.24, 2.45) is 0 Å². The molecule has 0 aromatic heterocycles. The van der Waals surface area contributed by atoms with E-state index in [9.17, 15) is 0 Å². The zero-order chi connectivity index (χ0) is 19.8. The van der Waals surface area contributed by atoms with Gasteiger partial charge in [0.25, 0.3) is 0 Å². The van der Waals surface area contributed by atoms with E-state index in [0.717, 1.165) is 30.8 Å². The minimum absolute atomic E-state index is 0. The Kier molecular flexibility index (Phi) is 12.5. The fraction of sp³-hybridized carbons (Fsp3) is 0.478. The predicted octanol–water partition coefficient (Wildman–Crippen LogP) is 5.74. The Balaban J connectivity index is 0.00000225. The average molecular weight is 476 g/mol. The maximum Gasteiger partial charge on any atom is 0.180 e. The molecule has 0 radical (unpaired) electrons. The van der Waals surface area contributed by atoms with Gasteiger partial charge in [0.1, 0.15) is 6.61 Å². The standard InChI is InChI=1S/C23H31ClN2O2.2ClH/c1-3-26-12-8-11-20(26)16-25-15-19-13-21(24)23(22(14-19)27-4-2)28-17-18-9-6-5-7-10-18;;/h5-7,9-10,13-14,20,25H,3-4,8,11-12,15-17H2,1-2H3;2*1H. The minimum atomic E-state index is 0. The molecule has 1 N–H and O–H groups in total. The highest BCUT2D eigenvalue weighted by molar-refractivity contribution is 6.32. The third kappa shape index (κ3) is 7.51. The smallest absolute Gasteiger partial charge is 0.180 e. The molecule has 2 aromatic rings. The summed E-state index contributed by atoms with van der Waals surface area (Å²) in [5, 5.41) is 4.18. The zero-order valence-electron chi connectivity index (χ0n) is 17.7. The maximum absolute atomic E-state index is 6.55. The van der Waals surface area contributed by atoms with Gasteiger partial charge in [0.15, 0.2) is 11.5 Å². The van der Waals surface area contributed by atoms with Crippen molar-refractivity contribution in [1.82, 2.24) is 10.2 Å². The van der Waals surface area contributed by atoms with Gasteiger partial charge in [-0.3, -0.25) is 4.90 Å². The fourth-order valence-corrected chi connectivity index (χ4v) is 4.07. The maximum atomic E-state index is 6.55. The van der Waals surface area contributed by atoms with Crippen LogP contribution < -0.4 is 14.8 Å². The molecule has 1 fully saturated rings. The summed E-state index contributed by atoms with van der Waals surface area (Å²) in [6, 6.07) is 14.7. The van der Waals surface area contributed by atoms with E-state index >= 15 is 0 Å². The predicted molar refractivity (Wildman–Crippen MR) is 130 cm³/mol. The highest BCUT2D eigenvalue weighted by Crippen LogP contribution is 2.37. The SMILES string of the molecule is CCOc1cc(CNCC2CCCN2CC)cc(Cl)c1OCc1ccccc1.Cl.Cl. The Bertz CT molecular complexity index is 747. The molecular formula is C23H33Cl3N2O2. The molecule has 1 atom stereocenters. The molecule has 0 spiro atoms. The topological polar surface area (TPSA) is 33.7 Å². The Morgan fingerprint density at radius 3 is 2.53 bits per heavy atom. The third-order valence-electron chi connectivity index (χ3n) is 5.21. The highest BCUT2D eigenvalue weighted by Gasteiger charge is 2.22. The Morgan fingerprint density at radius 1 is 1.07 bits per heavy atom. The molecule has 168 valence electrons. The van der Waals surface area contributed by atoms with Gasteiger partial charge in [0.05, 0.1) is 11.6 Å². The number of benzene rings is 2. The lowest BCUT2D eigenvalue weighted by molar-refractivity contribution is 0.259. The van der Waals surface area contributed by atoms with Crippen molar-refractivity contribution in [3.05, 3.63) is 58.6 Å². The second-order valence-electron chi connectivity index (χ2n) is 7.17. The van der Waals surface area contributed by atoms with Crippen molar-refractivity contribution in [1.29, 1.82) is 0 Å².